The van der Waals surface area contributed by atoms with Crippen LogP contribution in [0.25, 0.3) is 0 Å². The molecule has 1 atom stereocenters. The lowest BCUT2D eigenvalue weighted by molar-refractivity contribution is -0.126. The van der Waals surface area contributed by atoms with Crippen LogP contribution in [0.5, 0.6) is 0 Å². The number of nitrogens with zero attached hydrogens (tertiary/aromatic N) is 1. The van der Waals surface area contributed by atoms with E-state index in [1.165, 1.54) is 0 Å². The third-order valence-electron chi connectivity index (χ3n) is 1.96. The molecule has 3 nitrogen and oxygen atoms in total. The van der Waals surface area contributed by atoms with Crippen molar-refractivity contribution in [1.29, 1.82) is 0 Å². The lowest BCUT2D eigenvalue weighted by Crippen LogP contribution is -2.35. The molecule has 0 N–H and O–H groups in total. The smallest absolute Gasteiger partial charge is 0.264 e. The Balaban J connectivity index is 2.57. The van der Waals surface area contributed by atoms with Crippen LogP contribution >= 0.6 is 11.6 Å². The van der Waals surface area contributed by atoms with E-state index in [2.05, 4.69) is 6.58 Å². The Morgan fingerprint density at radius 1 is 1.69 bits per heavy atom. The third-order valence-corrected chi connectivity index (χ3v) is 2.12. The predicted octanol–water partition coefficient (Wildman–Crippen LogP) is 1.23. The molecule has 0 aromatic heterocycles. The minimum absolute atomic E-state index is 0.0779. The molecule has 4 heteroatoms. The number of hydrogen-bond acceptors (Lipinski definition) is 2. The van der Waals surface area contributed by atoms with Gasteiger partial charge in [0.25, 0.3) is 5.91 Å². The summed E-state index contributed by atoms with van der Waals surface area (Å²) < 4.78 is 5.30. The Morgan fingerprint density at radius 2 is 2.38 bits per heavy atom. The molecular formula is C9H14ClNO2. The van der Waals surface area contributed by atoms with Gasteiger partial charge in [-0.05, 0) is 5.92 Å². The topological polar surface area (TPSA) is 29.5 Å². The summed E-state index contributed by atoms with van der Waals surface area (Å²) in [4.78, 5) is 13.1. The minimum Gasteiger partial charge on any atom is -0.379 e. The zero-order chi connectivity index (χ0) is 9.84. The Morgan fingerprint density at radius 3 is 3.00 bits per heavy atom. The Hall–Kier alpha value is -0.540. The highest BCUT2D eigenvalue weighted by Crippen LogP contribution is 2.10. The first-order valence-corrected chi connectivity index (χ1v) is 4.70. The van der Waals surface area contributed by atoms with Crippen molar-refractivity contribution < 1.29 is 9.53 Å². The van der Waals surface area contributed by atoms with E-state index in [1.54, 1.807) is 4.90 Å². The largest absolute Gasteiger partial charge is 0.379 e. The summed E-state index contributed by atoms with van der Waals surface area (Å²) >= 11 is 5.54. The third kappa shape index (κ3) is 3.01. The van der Waals surface area contributed by atoms with Gasteiger partial charge in [-0.15, -0.1) is 0 Å². The standard InChI is InChI=1S/C9H14ClNO2/c1-7-5-11(3-4-13-6-7)9(12)8(2)10/h7H,2-6H2,1H3. The molecule has 1 fully saturated rings. The van der Waals surface area contributed by atoms with Crippen molar-refractivity contribution in [2.24, 2.45) is 5.92 Å². The molecule has 1 aliphatic rings. The summed E-state index contributed by atoms with van der Waals surface area (Å²) in [5.41, 5.74) is 0. The van der Waals surface area contributed by atoms with E-state index in [9.17, 15) is 4.79 Å². The molecule has 0 saturated carbocycles. The molecule has 1 saturated heterocycles. The van der Waals surface area contributed by atoms with Crippen molar-refractivity contribution in [3.63, 3.8) is 0 Å². The summed E-state index contributed by atoms with van der Waals surface area (Å²) in [6.45, 7) is 8.06. The van der Waals surface area contributed by atoms with Gasteiger partial charge in [0.1, 0.15) is 0 Å². The molecule has 0 bridgehead atoms. The van der Waals surface area contributed by atoms with Gasteiger partial charge < -0.3 is 9.64 Å². The van der Waals surface area contributed by atoms with Crippen LogP contribution in [0.4, 0.5) is 0 Å². The van der Waals surface area contributed by atoms with E-state index in [0.29, 0.717) is 32.2 Å². The fraction of sp³-hybridized carbons (Fsp3) is 0.667. The molecular weight excluding hydrogens is 190 g/mol. The van der Waals surface area contributed by atoms with E-state index >= 15 is 0 Å². The maximum atomic E-state index is 11.4. The summed E-state index contributed by atoms with van der Waals surface area (Å²) in [6, 6.07) is 0. The molecule has 0 aromatic rings. The molecule has 1 aliphatic heterocycles. The van der Waals surface area contributed by atoms with E-state index in [-0.39, 0.29) is 10.9 Å². The zero-order valence-corrected chi connectivity index (χ0v) is 8.51. The van der Waals surface area contributed by atoms with E-state index in [4.69, 9.17) is 16.3 Å². The molecule has 1 rings (SSSR count). The molecule has 1 unspecified atom stereocenters. The van der Waals surface area contributed by atoms with E-state index in [1.807, 2.05) is 6.92 Å². The lowest BCUT2D eigenvalue weighted by Gasteiger charge is -2.20. The minimum atomic E-state index is -0.181. The molecule has 13 heavy (non-hydrogen) atoms. The summed E-state index contributed by atoms with van der Waals surface area (Å²) in [6.07, 6.45) is 0. The maximum Gasteiger partial charge on any atom is 0.264 e. The van der Waals surface area contributed by atoms with Crippen LogP contribution in [0.1, 0.15) is 6.92 Å². The van der Waals surface area contributed by atoms with Crippen molar-refractivity contribution in [2.75, 3.05) is 26.3 Å². The van der Waals surface area contributed by atoms with Crippen LogP contribution in [0, 0.1) is 5.92 Å². The quantitative estimate of drug-likeness (QED) is 0.600. The predicted molar refractivity (Wildman–Crippen MR) is 51.6 cm³/mol. The van der Waals surface area contributed by atoms with Crippen molar-refractivity contribution in [1.82, 2.24) is 4.90 Å². The van der Waals surface area contributed by atoms with Crippen molar-refractivity contribution in [2.45, 2.75) is 6.92 Å². The monoisotopic (exact) mass is 203 g/mol. The molecule has 1 heterocycles. The van der Waals surface area contributed by atoms with Crippen molar-refractivity contribution >= 4 is 17.5 Å². The Kier molecular flexibility index (Phi) is 3.75. The van der Waals surface area contributed by atoms with Crippen LogP contribution < -0.4 is 0 Å². The first-order chi connectivity index (χ1) is 6.11. The fourth-order valence-electron chi connectivity index (χ4n) is 1.34. The second kappa shape index (κ2) is 4.63. The molecule has 1 amide bonds. The normalized spacial score (nSPS) is 23.8. The molecule has 0 radical (unpaired) electrons. The highest BCUT2D eigenvalue weighted by atomic mass is 35.5. The van der Waals surface area contributed by atoms with Crippen LogP contribution in [-0.2, 0) is 9.53 Å². The summed E-state index contributed by atoms with van der Waals surface area (Å²) in [5.74, 6) is 0.182. The van der Waals surface area contributed by atoms with Crippen molar-refractivity contribution in [3.05, 3.63) is 11.6 Å². The van der Waals surface area contributed by atoms with Crippen LogP contribution in [-0.4, -0.2) is 37.1 Å². The number of amides is 1. The van der Waals surface area contributed by atoms with Gasteiger partial charge in [-0.25, -0.2) is 0 Å². The van der Waals surface area contributed by atoms with Gasteiger partial charge in [-0.3, -0.25) is 4.79 Å². The van der Waals surface area contributed by atoms with Crippen LogP contribution in [0.15, 0.2) is 11.6 Å². The van der Waals surface area contributed by atoms with Crippen molar-refractivity contribution in [3.8, 4) is 0 Å². The number of hydrogen-bond donors (Lipinski definition) is 0. The first kappa shape index (κ1) is 10.5. The second-order valence-electron chi connectivity index (χ2n) is 3.34. The van der Waals surface area contributed by atoms with Gasteiger partial charge in [0.15, 0.2) is 0 Å². The van der Waals surface area contributed by atoms with Gasteiger partial charge >= 0.3 is 0 Å². The number of rotatable bonds is 1. The van der Waals surface area contributed by atoms with Gasteiger partial charge in [-0.2, -0.15) is 0 Å². The molecule has 0 aromatic carbocycles. The van der Waals surface area contributed by atoms with Gasteiger partial charge in [0, 0.05) is 13.1 Å². The number of carbonyl (C=O) groups is 1. The average Bonchev–Trinajstić information content (AvgIpc) is 2.28. The second-order valence-corrected chi connectivity index (χ2v) is 3.79. The molecule has 0 aliphatic carbocycles. The maximum absolute atomic E-state index is 11.4. The number of carbonyl (C=O) groups excluding carboxylic acids is 1. The summed E-state index contributed by atoms with van der Waals surface area (Å²) in [7, 11) is 0. The van der Waals surface area contributed by atoms with Gasteiger partial charge in [0.2, 0.25) is 0 Å². The highest BCUT2D eigenvalue weighted by Gasteiger charge is 2.20. The van der Waals surface area contributed by atoms with Crippen LogP contribution in [0.2, 0.25) is 0 Å². The Bertz CT molecular complexity index is 218. The molecule has 0 spiro atoms. The Labute approximate surface area is 83.3 Å². The molecule has 74 valence electrons. The lowest BCUT2D eigenvalue weighted by atomic mass is 10.2. The van der Waals surface area contributed by atoms with Gasteiger partial charge in [0.05, 0.1) is 18.2 Å². The first-order valence-electron chi connectivity index (χ1n) is 4.32. The zero-order valence-electron chi connectivity index (χ0n) is 7.75. The van der Waals surface area contributed by atoms with E-state index < -0.39 is 0 Å². The average molecular weight is 204 g/mol. The van der Waals surface area contributed by atoms with Crippen LogP contribution in [0.3, 0.4) is 0 Å². The van der Waals surface area contributed by atoms with Gasteiger partial charge in [-0.1, -0.05) is 25.1 Å². The van der Waals surface area contributed by atoms with E-state index in [0.717, 1.165) is 0 Å². The fourth-order valence-corrected chi connectivity index (χ4v) is 1.46. The highest BCUT2D eigenvalue weighted by molar-refractivity contribution is 6.41. The summed E-state index contributed by atoms with van der Waals surface area (Å²) in [5, 5.41) is 0.0779. The number of halogens is 1. The number of ether oxygens (including phenoxy) is 1. The SMILES string of the molecule is C=C(Cl)C(=O)N1CCOCC(C)C1.